The summed E-state index contributed by atoms with van der Waals surface area (Å²) in [5, 5.41) is 0. The number of halogens is 1. The number of carbonyl (C=O) groups is 2. The maximum Gasteiger partial charge on any atom is 0.338 e. The number of carbonyl (C=O) groups excluding carboxylic acids is 2. The fraction of sp³-hybridized carbons (Fsp3) is 0.176. The molecule has 0 fully saturated rings. The smallest absolute Gasteiger partial charge is 0.338 e. The Labute approximate surface area is 127 Å². The highest BCUT2D eigenvalue weighted by Crippen LogP contribution is 2.20. The molecule has 0 aromatic heterocycles. The second kappa shape index (κ2) is 6.85. The minimum atomic E-state index is -0.600. The molecular formula is C17H15FO4. The van der Waals surface area contributed by atoms with Crippen molar-refractivity contribution in [1.82, 2.24) is 0 Å². The molecule has 0 aliphatic rings. The first kappa shape index (κ1) is 15.7. The Balaban J connectivity index is 2.19. The maximum absolute atomic E-state index is 12.8. The van der Waals surface area contributed by atoms with Gasteiger partial charge in [-0.1, -0.05) is 12.1 Å². The second-order valence-electron chi connectivity index (χ2n) is 4.67. The van der Waals surface area contributed by atoms with Crippen LogP contribution in [0.25, 0.3) is 0 Å². The maximum atomic E-state index is 12.8. The Hall–Kier alpha value is -2.69. The largest absolute Gasteiger partial charge is 0.489 e. The van der Waals surface area contributed by atoms with Crippen molar-refractivity contribution in [2.24, 2.45) is 0 Å². The summed E-state index contributed by atoms with van der Waals surface area (Å²) in [7, 11) is 1.25. The monoisotopic (exact) mass is 302 g/mol. The van der Waals surface area contributed by atoms with E-state index in [2.05, 4.69) is 4.74 Å². The lowest BCUT2D eigenvalue weighted by Gasteiger charge is -2.10. The number of ketones is 1. The third kappa shape index (κ3) is 3.69. The van der Waals surface area contributed by atoms with Gasteiger partial charge in [0, 0.05) is 5.56 Å². The fourth-order valence-electron chi connectivity index (χ4n) is 1.95. The summed E-state index contributed by atoms with van der Waals surface area (Å²) < 4.78 is 23.1. The number of Topliss-reactive ketones (excluding diaryl/α,β-unsaturated/α-hetero) is 1. The van der Waals surface area contributed by atoms with Crippen LogP contribution >= 0.6 is 0 Å². The van der Waals surface area contributed by atoms with Gasteiger partial charge < -0.3 is 9.47 Å². The zero-order valence-electron chi connectivity index (χ0n) is 12.3. The Morgan fingerprint density at radius 3 is 2.32 bits per heavy atom. The van der Waals surface area contributed by atoms with E-state index in [0.29, 0.717) is 5.75 Å². The summed E-state index contributed by atoms with van der Waals surface area (Å²) >= 11 is 0. The molecule has 5 heteroatoms. The van der Waals surface area contributed by atoms with Crippen LogP contribution in [0.4, 0.5) is 4.39 Å². The van der Waals surface area contributed by atoms with E-state index in [0.717, 1.165) is 5.56 Å². The average molecular weight is 302 g/mol. The molecule has 4 nitrogen and oxygen atoms in total. The van der Waals surface area contributed by atoms with Crippen LogP contribution in [0.1, 0.15) is 33.2 Å². The first-order valence-corrected chi connectivity index (χ1v) is 6.62. The Kier molecular flexibility index (Phi) is 4.88. The third-order valence-corrected chi connectivity index (χ3v) is 3.09. The molecule has 0 aliphatic heterocycles. The molecule has 0 heterocycles. The quantitative estimate of drug-likeness (QED) is 0.627. The minimum Gasteiger partial charge on any atom is -0.489 e. The summed E-state index contributed by atoms with van der Waals surface area (Å²) in [5.41, 5.74) is 1.23. The molecule has 0 radical (unpaired) electrons. The van der Waals surface area contributed by atoms with Gasteiger partial charge >= 0.3 is 5.97 Å². The summed E-state index contributed by atoms with van der Waals surface area (Å²) in [4.78, 5) is 23.3. The Morgan fingerprint density at radius 1 is 1.05 bits per heavy atom. The van der Waals surface area contributed by atoms with Crippen LogP contribution in [0, 0.1) is 5.82 Å². The highest BCUT2D eigenvalue weighted by Gasteiger charge is 2.16. The number of benzene rings is 2. The number of esters is 1. The highest BCUT2D eigenvalue weighted by atomic mass is 19.1. The van der Waals surface area contributed by atoms with Crippen LogP contribution in [-0.2, 0) is 11.3 Å². The van der Waals surface area contributed by atoms with Gasteiger partial charge in [0.05, 0.1) is 12.7 Å². The zero-order valence-corrected chi connectivity index (χ0v) is 12.3. The van der Waals surface area contributed by atoms with Crippen molar-refractivity contribution in [1.29, 1.82) is 0 Å². The van der Waals surface area contributed by atoms with Gasteiger partial charge in [0.25, 0.3) is 0 Å². The van der Waals surface area contributed by atoms with Gasteiger partial charge in [0.2, 0.25) is 0 Å². The van der Waals surface area contributed by atoms with Crippen LogP contribution in [0.15, 0.2) is 42.5 Å². The van der Waals surface area contributed by atoms with Gasteiger partial charge in [-0.15, -0.1) is 0 Å². The van der Waals surface area contributed by atoms with Crippen LogP contribution in [-0.4, -0.2) is 18.9 Å². The molecule has 0 aliphatic carbocycles. The van der Waals surface area contributed by atoms with E-state index in [4.69, 9.17) is 4.74 Å². The summed E-state index contributed by atoms with van der Waals surface area (Å²) in [5.74, 6) is -0.722. The SMILES string of the molecule is COC(=O)c1cc(OCc2ccc(F)cc2)ccc1C(C)=O. The van der Waals surface area contributed by atoms with Crippen molar-refractivity contribution in [3.05, 3.63) is 65.0 Å². The lowest BCUT2D eigenvalue weighted by Crippen LogP contribution is -2.09. The van der Waals surface area contributed by atoms with Gasteiger partial charge in [-0.2, -0.15) is 0 Å². The van der Waals surface area contributed by atoms with Crippen LogP contribution < -0.4 is 4.74 Å². The topological polar surface area (TPSA) is 52.6 Å². The first-order valence-electron chi connectivity index (χ1n) is 6.62. The fourth-order valence-corrected chi connectivity index (χ4v) is 1.95. The van der Waals surface area contributed by atoms with E-state index in [1.807, 2.05) is 0 Å². The lowest BCUT2D eigenvalue weighted by atomic mass is 10.0. The lowest BCUT2D eigenvalue weighted by molar-refractivity contribution is 0.0596. The molecule has 2 rings (SSSR count). The standard InChI is InChI=1S/C17H15FO4/c1-11(19)15-8-7-14(9-16(15)17(20)21-2)22-10-12-3-5-13(18)6-4-12/h3-9H,10H2,1-2H3. The predicted octanol–water partition coefficient (Wildman–Crippen LogP) is 3.39. The zero-order chi connectivity index (χ0) is 16.1. The van der Waals surface area contributed by atoms with Gasteiger partial charge in [0.1, 0.15) is 18.2 Å². The molecular weight excluding hydrogens is 287 g/mol. The predicted molar refractivity (Wildman–Crippen MR) is 78.5 cm³/mol. The molecule has 2 aromatic rings. The second-order valence-corrected chi connectivity index (χ2v) is 4.67. The van der Waals surface area contributed by atoms with Crippen molar-refractivity contribution in [2.75, 3.05) is 7.11 Å². The van der Waals surface area contributed by atoms with Crippen molar-refractivity contribution < 1.29 is 23.5 Å². The number of hydrogen-bond donors (Lipinski definition) is 0. The van der Waals surface area contributed by atoms with Crippen molar-refractivity contribution >= 4 is 11.8 Å². The van der Waals surface area contributed by atoms with E-state index >= 15 is 0 Å². The molecule has 22 heavy (non-hydrogen) atoms. The minimum absolute atomic E-state index is 0.159. The van der Waals surface area contributed by atoms with Gasteiger partial charge in [-0.3, -0.25) is 4.79 Å². The van der Waals surface area contributed by atoms with Gasteiger partial charge in [-0.05, 0) is 42.8 Å². The summed E-state index contributed by atoms with van der Waals surface area (Å²) in [6.07, 6.45) is 0. The third-order valence-electron chi connectivity index (χ3n) is 3.09. The number of hydrogen-bond acceptors (Lipinski definition) is 4. The molecule has 0 atom stereocenters. The number of ether oxygens (including phenoxy) is 2. The molecule has 0 saturated heterocycles. The van der Waals surface area contributed by atoms with Crippen LogP contribution in [0.2, 0.25) is 0 Å². The molecule has 0 amide bonds. The van der Waals surface area contributed by atoms with Gasteiger partial charge in [0.15, 0.2) is 5.78 Å². The molecule has 0 bridgehead atoms. The van der Waals surface area contributed by atoms with Crippen LogP contribution in [0.3, 0.4) is 0 Å². The molecule has 0 spiro atoms. The molecule has 0 N–H and O–H groups in total. The number of methoxy groups -OCH3 is 1. The average Bonchev–Trinajstić information content (AvgIpc) is 2.53. The Bertz CT molecular complexity index is 692. The van der Waals surface area contributed by atoms with E-state index in [-0.39, 0.29) is 29.3 Å². The molecule has 2 aromatic carbocycles. The van der Waals surface area contributed by atoms with Gasteiger partial charge in [-0.25, -0.2) is 9.18 Å². The van der Waals surface area contributed by atoms with Crippen molar-refractivity contribution in [2.45, 2.75) is 13.5 Å². The summed E-state index contributed by atoms with van der Waals surface area (Å²) in [6, 6.07) is 10.5. The highest BCUT2D eigenvalue weighted by molar-refractivity contribution is 6.05. The Morgan fingerprint density at radius 2 is 1.73 bits per heavy atom. The molecule has 114 valence electrons. The van der Waals surface area contributed by atoms with E-state index in [1.54, 1.807) is 18.2 Å². The first-order chi connectivity index (χ1) is 10.5. The van der Waals surface area contributed by atoms with Crippen LogP contribution in [0.5, 0.6) is 5.75 Å². The summed E-state index contributed by atoms with van der Waals surface area (Å²) in [6.45, 7) is 1.60. The van der Waals surface area contributed by atoms with Crippen molar-refractivity contribution in [3.8, 4) is 5.75 Å². The van der Waals surface area contributed by atoms with E-state index < -0.39 is 5.97 Å². The van der Waals surface area contributed by atoms with E-state index in [9.17, 15) is 14.0 Å². The molecule has 0 unspecified atom stereocenters. The normalized spacial score (nSPS) is 10.1. The number of rotatable bonds is 5. The van der Waals surface area contributed by atoms with E-state index in [1.165, 1.54) is 38.3 Å². The molecule has 0 saturated carbocycles. The van der Waals surface area contributed by atoms with Crippen molar-refractivity contribution in [3.63, 3.8) is 0 Å².